The summed E-state index contributed by atoms with van der Waals surface area (Å²) in [5.74, 6) is 0.901. The minimum absolute atomic E-state index is 0.0611. The van der Waals surface area contributed by atoms with Crippen molar-refractivity contribution in [3.8, 4) is 11.5 Å². The molecule has 0 atom stereocenters. The Bertz CT molecular complexity index is 885. The molecular formula is C17H21N3O4S2. The molecule has 0 saturated carbocycles. The van der Waals surface area contributed by atoms with E-state index in [1.165, 1.54) is 26.4 Å². The van der Waals surface area contributed by atoms with E-state index in [0.29, 0.717) is 34.5 Å². The highest BCUT2D eigenvalue weighted by atomic mass is 32.2. The average Bonchev–Trinajstić information content (AvgIpc) is 2.62. The number of sulfonamides is 1. The van der Waals surface area contributed by atoms with Crippen molar-refractivity contribution in [1.29, 1.82) is 0 Å². The molecule has 2 aromatic rings. The van der Waals surface area contributed by atoms with Crippen molar-refractivity contribution in [1.82, 2.24) is 5.32 Å². The largest absolute Gasteiger partial charge is 0.495 e. The van der Waals surface area contributed by atoms with Crippen LogP contribution in [-0.2, 0) is 10.0 Å². The molecule has 2 aromatic carbocycles. The van der Waals surface area contributed by atoms with Crippen LogP contribution < -0.4 is 24.8 Å². The molecule has 0 amide bonds. The van der Waals surface area contributed by atoms with Crippen molar-refractivity contribution in [3.63, 3.8) is 0 Å². The number of hydrogen-bond acceptors (Lipinski definition) is 5. The van der Waals surface area contributed by atoms with Gasteiger partial charge in [-0.2, -0.15) is 0 Å². The summed E-state index contributed by atoms with van der Waals surface area (Å²) in [5.41, 5.74) is 0.796. The van der Waals surface area contributed by atoms with Gasteiger partial charge in [0.05, 0.1) is 30.5 Å². The molecule has 0 bridgehead atoms. The standard InChI is InChI=1S/C17H21N3O4S2/c1-4-18-17(25)19-14-11-12(9-10-16(14)24-3)26(21,22)20-13-7-5-6-8-15(13)23-2/h5-11,20H,4H2,1-3H3,(H2,18,19,25). The van der Waals surface area contributed by atoms with Crippen LogP contribution in [0.1, 0.15) is 6.92 Å². The lowest BCUT2D eigenvalue weighted by molar-refractivity contribution is 0.416. The summed E-state index contributed by atoms with van der Waals surface area (Å²) < 4.78 is 38.5. The summed E-state index contributed by atoms with van der Waals surface area (Å²) >= 11 is 5.16. The lowest BCUT2D eigenvalue weighted by Gasteiger charge is -2.15. The van der Waals surface area contributed by atoms with Gasteiger partial charge in [0, 0.05) is 6.54 Å². The second kappa shape index (κ2) is 8.72. The second-order valence-electron chi connectivity index (χ2n) is 5.15. The van der Waals surface area contributed by atoms with Crippen LogP contribution in [0.2, 0.25) is 0 Å². The monoisotopic (exact) mass is 395 g/mol. The predicted octanol–water partition coefficient (Wildman–Crippen LogP) is 2.81. The first-order valence-electron chi connectivity index (χ1n) is 7.80. The third kappa shape index (κ3) is 4.77. The molecule has 0 saturated heterocycles. The van der Waals surface area contributed by atoms with Crippen molar-refractivity contribution < 1.29 is 17.9 Å². The van der Waals surface area contributed by atoms with Gasteiger partial charge in [0.25, 0.3) is 10.0 Å². The summed E-state index contributed by atoms with van der Waals surface area (Å²) in [6, 6.07) is 11.3. The molecule has 0 unspecified atom stereocenters. The van der Waals surface area contributed by atoms with Gasteiger partial charge in [-0.05, 0) is 49.5 Å². The Morgan fingerprint density at radius 2 is 1.69 bits per heavy atom. The molecule has 0 aliphatic carbocycles. The third-order valence-electron chi connectivity index (χ3n) is 3.42. The summed E-state index contributed by atoms with van der Waals surface area (Å²) in [6.45, 7) is 2.55. The van der Waals surface area contributed by atoms with Crippen LogP contribution in [0.15, 0.2) is 47.4 Å². The zero-order valence-corrected chi connectivity index (χ0v) is 16.3. The molecule has 0 heterocycles. The number of thiocarbonyl (C=S) groups is 1. The van der Waals surface area contributed by atoms with E-state index in [4.69, 9.17) is 21.7 Å². The van der Waals surface area contributed by atoms with E-state index >= 15 is 0 Å². The van der Waals surface area contributed by atoms with Crippen LogP contribution in [0.25, 0.3) is 0 Å². The lowest BCUT2D eigenvalue weighted by atomic mass is 10.3. The molecule has 2 rings (SSSR count). The SMILES string of the molecule is CCNC(=S)Nc1cc(S(=O)(=O)Nc2ccccc2OC)ccc1OC. The van der Waals surface area contributed by atoms with Gasteiger partial charge in [0.15, 0.2) is 5.11 Å². The van der Waals surface area contributed by atoms with E-state index in [9.17, 15) is 8.42 Å². The van der Waals surface area contributed by atoms with E-state index in [1.54, 1.807) is 30.3 Å². The predicted molar refractivity (Wildman–Crippen MR) is 107 cm³/mol. The number of methoxy groups -OCH3 is 2. The third-order valence-corrected chi connectivity index (χ3v) is 5.03. The Kier molecular flexibility index (Phi) is 6.64. The Morgan fingerprint density at radius 3 is 2.35 bits per heavy atom. The van der Waals surface area contributed by atoms with Crippen LogP contribution in [0.4, 0.5) is 11.4 Å². The Hall–Kier alpha value is -2.52. The van der Waals surface area contributed by atoms with Crippen LogP contribution >= 0.6 is 12.2 Å². The fourth-order valence-electron chi connectivity index (χ4n) is 2.21. The van der Waals surface area contributed by atoms with Crippen LogP contribution in [0, 0.1) is 0 Å². The van der Waals surface area contributed by atoms with Crippen molar-refractivity contribution in [2.45, 2.75) is 11.8 Å². The van der Waals surface area contributed by atoms with Crippen LogP contribution in [0.5, 0.6) is 11.5 Å². The van der Waals surface area contributed by atoms with Gasteiger partial charge in [-0.1, -0.05) is 12.1 Å². The number of ether oxygens (including phenoxy) is 2. The van der Waals surface area contributed by atoms with Crippen molar-refractivity contribution in [3.05, 3.63) is 42.5 Å². The highest BCUT2D eigenvalue weighted by Crippen LogP contribution is 2.30. The van der Waals surface area contributed by atoms with Gasteiger partial charge < -0.3 is 20.1 Å². The smallest absolute Gasteiger partial charge is 0.262 e. The minimum atomic E-state index is -3.83. The molecule has 0 aliphatic heterocycles. The first-order chi connectivity index (χ1) is 12.4. The maximum absolute atomic E-state index is 12.7. The summed E-state index contributed by atoms with van der Waals surface area (Å²) in [7, 11) is -0.856. The molecule has 7 nitrogen and oxygen atoms in total. The van der Waals surface area contributed by atoms with E-state index in [1.807, 2.05) is 6.92 Å². The fraction of sp³-hybridized carbons (Fsp3) is 0.235. The number of rotatable bonds is 7. The number of nitrogens with one attached hydrogen (secondary N) is 3. The molecule has 0 aromatic heterocycles. The van der Waals surface area contributed by atoms with Gasteiger partial charge >= 0.3 is 0 Å². The molecule has 9 heteroatoms. The maximum atomic E-state index is 12.7. The number of benzene rings is 2. The molecule has 3 N–H and O–H groups in total. The van der Waals surface area contributed by atoms with Gasteiger partial charge in [-0.3, -0.25) is 4.72 Å². The molecule has 26 heavy (non-hydrogen) atoms. The van der Waals surface area contributed by atoms with Gasteiger partial charge in [-0.15, -0.1) is 0 Å². The Morgan fingerprint density at radius 1 is 1.04 bits per heavy atom. The van der Waals surface area contributed by atoms with Crippen LogP contribution in [-0.4, -0.2) is 34.3 Å². The normalized spacial score (nSPS) is 10.7. The molecular weight excluding hydrogens is 374 g/mol. The number of hydrogen-bond donors (Lipinski definition) is 3. The Labute approximate surface area is 158 Å². The summed E-state index contributed by atoms with van der Waals surface area (Å²) in [5, 5.41) is 6.25. The van der Waals surface area contributed by atoms with E-state index in [0.717, 1.165) is 0 Å². The first kappa shape index (κ1) is 19.8. The zero-order valence-electron chi connectivity index (χ0n) is 14.7. The van der Waals surface area contributed by atoms with Gasteiger partial charge in [-0.25, -0.2) is 8.42 Å². The highest BCUT2D eigenvalue weighted by Gasteiger charge is 2.19. The Balaban J connectivity index is 2.35. The van der Waals surface area contributed by atoms with Crippen molar-refractivity contribution in [2.24, 2.45) is 0 Å². The van der Waals surface area contributed by atoms with Crippen molar-refractivity contribution >= 4 is 38.7 Å². The van der Waals surface area contributed by atoms with E-state index < -0.39 is 10.0 Å². The van der Waals surface area contributed by atoms with Gasteiger partial charge in [0.1, 0.15) is 11.5 Å². The zero-order chi connectivity index (χ0) is 19.2. The average molecular weight is 396 g/mol. The fourth-order valence-corrected chi connectivity index (χ4v) is 3.56. The summed E-state index contributed by atoms with van der Waals surface area (Å²) in [4.78, 5) is 0.0611. The first-order valence-corrected chi connectivity index (χ1v) is 9.69. The lowest BCUT2D eigenvalue weighted by Crippen LogP contribution is -2.28. The molecule has 0 aliphatic rings. The number of para-hydroxylation sites is 2. The number of anilines is 2. The quantitative estimate of drug-likeness (QED) is 0.621. The van der Waals surface area contributed by atoms with Crippen molar-refractivity contribution in [2.75, 3.05) is 30.8 Å². The second-order valence-corrected chi connectivity index (χ2v) is 7.24. The minimum Gasteiger partial charge on any atom is -0.495 e. The maximum Gasteiger partial charge on any atom is 0.262 e. The molecule has 140 valence electrons. The van der Waals surface area contributed by atoms with E-state index in [-0.39, 0.29) is 4.90 Å². The van der Waals surface area contributed by atoms with Crippen LogP contribution in [0.3, 0.4) is 0 Å². The topological polar surface area (TPSA) is 88.7 Å². The molecule has 0 fully saturated rings. The molecule has 0 spiro atoms. The van der Waals surface area contributed by atoms with Gasteiger partial charge in [0.2, 0.25) is 0 Å². The molecule has 0 radical (unpaired) electrons. The summed E-state index contributed by atoms with van der Waals surface area (Å²) in [6.07, 6.45) is 0. The van der Waals surface area contributed by atoms with E-state index in [2.05, 4.69) is 15.4 Å². The highest BCUT2D eigenvalue weighted by molar-refractivity contribution is 7.92.